The minimum absolute atomic E-state index is 0.127. The lowest BCUT2D eigenvalue weighted by Crippen LogP contribution is -2.27. The Kier molecular flexibility index (Phi) is 3.33. The summed E-state index contributed by atoms with van der Waals surface area (Å²) >= 11 is 0. The first-order valence-corrected chi connectivity index (χ1v) is 6.67. The third-order valence-corrected chi connectivity index (χ3v) is 3.23. The van der Waals surface area contributed by atoms with E-state index >= 15 is 0 Å². The molecule has 0 saturated heterocycles. The zero-order valence-electron chi connectivity index (χ0n) is 11.3. The number of hydrogen-bond acceptors (Lipinski definition) is 4. The van der Waals surface area contributed by atoms with Crippen LogP contribution in [0.15, 0.2) is 42.6 Å². The van der Waals surface area contributed by atoms with Crippen LogP contribution in [0.5, 0.6) is 0 Å². The quantitative estimate of drug-likeness (QED) is 0.923. The van der Waals surface area contributed by atoms with Crippen LogP contribution in [0.25, 0.3) is 0 Å². The molecule has 0 radical (unpaired) electrons. The molecule has 1 N–H and O–H groups in total. The van der Waals surface area contributed by atoms with Crippen LogP contribution in [0, 0.1) is 0 Å². The van der Waals surface area contributed by atoms with Crippen LogP contribution >= 0.6 is 0 Å². The summed E-state index contributed by atoms with van der Waals surface area (Å²) in [4.78, 5) is 22.4. The maximum Gasteiger partial charge on any atom is 0.270 e. The van der Waals surface area contributed by atoms with Crippen molar-refractivity contribution in [1.29, 1.82) is 0 Å². The maximum atomic E-state index is 12.0. The Bertz CT molecular complexity index is 610. The molecule has 5 heteroatoms. The second-order valence-corrected chi connectivity index (χ2v) is 4.88. The van der Waals surface area contributed by atoms with Gasteiger partial charge >= 0.3 is 0 Å². The molecule has 0 atom stereocenters. The number of nitrogens with zero attached hydrogens (tertiary/aromatic N) is 3. The number of carbonyl (C=O) groups excluding carboxylic acids is 1. The van der Waals surface area contributed by atoms with E-state index in [-0.39, 0.29) is 5.91 Å². The second kappa shape index (κ2) is 5.28. The number of amides is 1. The first-order chi connectivity index (χ1) is 9.74. The topological polar surface area (TPSA) is 58.1 Å². The molecule has 2 aromatic rings. The molecular formula is C15H16N4O. The van der Waals surface area contributed by atoms with Crippen molar-refractivity contribution >= 4 is 17.5 Å². The fourth-order valence-electron chi connectivity index (χ4n) is 1.89. The summed E-state index contributed by atoms with van der Waals surface area (Å²) in [6.07, 6.45) is 3.74. The van der Waals surface area contributed by atoms with Crippen LogP contribution in [0.4, 0.5) is 11.6 Å². The van der Waals surface area contributed by atoms with Gasteiger partial charge in [0.15, 0.2) is 0 Å². The average Bonchev–Trinajstić information content (AvgIpc) is 3.31. The number of para-hydroxylation sites is 1. The fourth-order valence-corrected chi connectivity index (χ4v) is 1.89. The van der Waals surface area contributed by atoms with Crippen molar-refractivity contribution in [1.82, 2.24) is 15.3 Å². The summed E-state index contributed by atoms with van der Waals surface area (Å²) in [5.74, 6) is 0.386. The minimum Gasteiger partial charge on any atom is -0.348 e. The van der Waals surface area contributed by atoms with E-state index in [0.29, 0.717) is 17.7 Å². The van der Waals surface area contributed by atoms with Crippen molar-refractivity contribution < 1.29 is 4.79 Å². The Morgan fingerprint density at radius 3 is 2.70 bits per heavy atom. The monoisotopic (exact) mass is 268 g/mol. The van der Waals surface area contributed by atoms with E-state index in [0.717, 1.165) is 18.5 Å². The SMILES string of the molecule is CN(c1ccccc1)c1nccc(C(=O)NC2CC2)n1. The van der Waals surface area contributed by atoms with Gasteiger partial charge in [0.1, 0.15) is 5.69 Å². The van der Waals surface area contributed by atoms with Gasteiger partial charge in [-0.3, -0.25) is 4.79 Å². The molecular weight excluding hydrogens is 252 g/mol. The highest BCUT2D eigenvalue weighted by molar-refractivity contribution is 5.92. The Morgan fingerprint density at radius 1 is 1.25 bits per heavy atom. The third-order valence-electron chi connectivity index (χ3n) is 3.23. The largest absolute Gasteiger partial charge is 0.348 e. The highest BCUT2D eigenvalue weighted by Gasteiger charge is 2.24. The van der Waals surface area contributed by atoms with Gasteiger partial charge in [0.2, 0.25) is 5.95 Å². The maximum absolute atomic E-state index is 12.0. The number of nitrogens with one attached hydrogen (secondary N) is 1. The van der Waals surface area contributed by atoms with Crippen molar-refractivity contribution in [3.05, 3.63) is 48.3 Å². The van der Waals surface area contributed by atoms with Gasteiger partial charge in [0.25, 0.3) is 5.91 Å². The minimum atomic E-state index is -0.127. The predicted molar refractivity (Wildman–Crippen MR) is 77.0 cm³/mol. The Morgan fingerprint density at radius 2 is 2.00 bits per heavy atom. The molecule has 1 heterocycles. The highest BCUT2D eigenvalue weighted by atomic mass is 16.2. The number of rotatable bonds is 4. The molecule has 1 amide bonds. The van der Waals surface area contributed by atoms with Gasteiger partial charge < -0.3 is 10.2 Å². The summed E-state index contributed by atoms with van der Waals surface area (Å²) < 4.78 is 0. The van der Waals surface area contributed by atoms with E-state index in [2.05, 4.69) is 15.3 Å². The first-order valence-electron chi connectivity index (χ1n) is 6.67. The van der Waals surface area contributed by atoms with E-state index in [9.17, 15) is 4.79 Å². The van der Waals surface area contributed by atoms with Crippen molar-refractivity contribution in [2.24, 2.45) is 0 Å². The normalized spacial score (nSPS) is 13.8. The molecule has 1 aliphatic rings. The van der Waals surface area contributed by atoms with Gasteiger partial charge in [-0.15, -0.1) is 0 Å². The average molecular weight is 268 g/mol. The Labute approximate surface area is 117 Å². The molecule has 0 bridgehead atoms. The molecule has 1 aromatic heterocycles. The van der Waals surface area contributed by atoms with Gasteiger partial charge in [-0.25, -0.2) is 9.97 Å². The van der Waals surface area contributed by atoms with E-state index in [1.165, 1.54) is 0 Å². The summed E-state index contributed by atoms with van der Waals surface area (Å²) in [7, 11) is 1.88. The molecule has 1 saturated carbocycles. The van der Waals surface area contributed by atoms with E-state index < -0.39 is 0 Å². The summed E-state index contributed by atoms with van der Waals surface area (Å²) in [5.41, 5.74) is 1.39. The number of anilines is 2. The molecule has 0 aliphatic heterocycles. The van der Waals surface area contributed by atoms with Crippen LogP contribution in [0.3, 0.4) is 0 Å². The summed E-state index contributed by atoms with van der Waals surface area (Å²) in [5, 5.41) is 2.93. The highest BCUT2D eigenvalue weighted by Crippen LogP contribution is 2.21. The van der Waals surface area contributed by atoms with E-state index in [1.54, 1.807) is 12.3 Å². The third kappa shape index (κ3) is 2.77. The zero-order valence-corrected chi connectivity index (χ0v) is 11.3. The molecule has 0 unspecified atom stereocenters. The second-order valence-electron chi connectivity index (χ2n) is 4.88. The lowest BCUT2D eigenvalue weighted by atomic mass is 10.3. The number of hydrogen-bond donors (Lipinski definition) is 1. The predicted octanol–water partition coefficient (Wildman–Crippen LogP) is 2.14. The zero-order chi connectivity index (χ0) is 13.9. The molecule has 1 aromatic carbocycles. The van der Waals surface area contributed by atoms with Crippen LogP contribution in [-0.4, -0.2) is 29.0 Å². The van der Waals surface area contributed by atoms with Gasteiger partial charge in [-0.05, 0) is 31.0 Å². The lowest BCUT2D eigenvalue weighted by molar-refractivity contribution is 0.0946. The standard InChI is InChI=1S/C15H16N4O/c1-19(12-5-3-2-4-6-12)15-16-10-9-13(18-15)14(20)17-11-7-8-11/h2-6,9-11H,7-8H2,1H3,(H,17,20). The summed E-state index contributed by atoms with van der Waals surface area (Å²) in [6.45, 7) is 0. The number of benzene rings is 1. The van der Waals surface area contributed by atoms with E-state index in [1.807, 2.05) is 42.3 Å². The van der Waals surface area contributed by atoms with Crippen LogP contribution in [0.2, 0.25) is 0 Å². The van der Waals surface area contributed by atoms with Crippen LogP contribution in [0.1, 0.15) is 23.3 Å². The van der Waals surface area contributed by atoms with Gasteiger partial charge in [0, 0.05) is 25.0 Å². The van der Waals surface area contributed by atoms with Crippen LogP contribution in [-0.2, 0) is 0 Å². The lowest BCUT2D eigenvalue weighted by Gasteiger charge is -2.17. The van der Waals surface area contributed by atoms with E-state index in [4.69, 9.17) is 0 Å². The molecule has 0 spiro atoms. The summed E-state index contributed by atoms with van der Waals surface area (Å²) in [6, 6.07) is 11.8. The van der Waals surface area contributed by atoms with Crippen molar-refractivity contribution in [2.75, 3.05) is 11.9 Å². The molecule has 20 heavy (non-hydrogen) atoms. The van der Waals surface area contributed by atoms with Crippen LogP contribution < -0.4 is 10.2 Å². The number of aromatic nitrogens is 2. The Hall–Kier alpha value is -2.43. The molecule has 3 rings (SSSR count). The van der Waals surface area contributed by atoms with Gasteiger partial charge in [-0.1, -0.05) is 18.2 Å². The molecule has 1 aliphatic carbocycles. The molecule has 1 fully saturated rings. The van der Waals surface area contributed by atoms with Crippen molar-refractivity contribution in [2.45, 2.75) is 18.9 Å². The van der Waals surface area contributed by atoms with Gasteiger partial charge in [0.05, 0.1) is 0 Å². The fraction of sp³-hybridized carbons (Fsp3) is 0.267. The Balaban J connectivity index is 1.81. The van der Waals surface area contributed by atoms with Crippen molar-refractivity contribution in [3.63, 3.8) is 0 Å². The molecule has 102 valence electrons. The number of carbonyl (C=O) groups is 1. The smallest absolute Gasteiger partial charge is 0.270 e. The van der Waals surface area contributed by atoms with Crippen molar-refractivity contribution in [3.8, 4) is 0 Å². The molecule has 5 nitrogen and oxygen atoms in total. The van der Waals surface area contributed by atoms with Gasteiger partial charge in [-0.2, -0.15) is 0 Å². The first kappa shape index (κ1) is 12.6.